The highest BCUT2D eigenvalue weighted by Crippen LogP contribution is 2.30. The Hall–Kier alpha value is -2.37. The van der Waals surface area contributed by atoms with Crippen LogP contribution in [0.25, 0.3) is 0 Å². The van der Waals surface area contributed by atoms with E-state index >= 15 is 0 Å². The average Bonchev–Trinajstić information content (AvgIpc) is 2.66. The van der Waals surface area contributed by atoms with Crippen molar-refractivity contribution in [3.63, 3.8) is 0 Å². The van der Waals surface area contributed by atoms with Gasteiger partial charge in [0.1, 0.15) is 0 Å². The topological polar surface area (TPSA) is 87.3 Å². The average molecular weight is 373 g/mol. The Morgan fingerprint density at radius 1 is 0.852 bits per heavy atom. The van der Waals surface area contributed by atoms with Gasteiger partial charge in [0.25, 0.3) is 0 Å². The summed E-state index contributed by atoms with van der Waals surface area (Å²) in [6.45, 7) is 4.35. The molecule has 1 fully saturated rings. The first kappa shape index (κ1) is 20.9. The molecule has 0 saturated heterocycles. The summed E-state index contributed by atoms with van der Waals surface area (Å²) in [4.78, 5) is 35.7. The van der Waals surface area contributed by atoms with E-state index in [4.69, 9.17) is 0 Å². The quantitative estimate of drug-likeness (QED) is 0.607. The van der Waals surface area contributed by atoms with Gasteiger partial charge in [-0.05, 0) is 56.4 Å². The number of benzene rings is 1. The maximum Gasteiger partial charge on any atom is 0.227 e. The maximum absolute atomic E-state index is 12.5. The molecule has 0 aliphatic heterocycles. The van der Waals surface area contributed by atoms with Gasteiger partial charge in [-0.15, -0.1) is 0 Å². The van der Waals surface area contributed by atoms with Crippen molar-refractivity contribution in [3.8, 4) is 0 Å². The molecule has 1 saturated carbocycles. The number of rotatable bonds is 8. The lowest BCUT2D eigenvalue weighted by atomic mass is 9.81. The summed E-state index contributed by atoms with van der Waals surface area (Å²) in [5.74, 6) is -0.00248. The van der Waals surface area contributed by atoms with Crippen molar-refractivity contribution in [1.82, 2.24) is 5.32 Å². The van der Waals surface area contributed by atoms with Crippen molar-refractivity contribution in [2.45, 2.75) is 58.8 Å². The van der Waals surface area contributed by atoms with Gasteiger partial charge < -0.3 is 16.0 Å². The molecule has 1 aliphatic rings. The molecule has 3 N–H and O–H groups in total. The highest BCUT2D eigenvalue weighted by atomic mass is 16.2. The molecular weight excluding hydrogens is 342 g/mol. The molecule has 0 aromatic heterocycles. The van der Waals surface area contributed by atoms with Gasteiger partial charge in [-0.25, -0.2) is 0 Å². The monoisotopic (exact) mass is 373 g/mol. The molecule has 1 aliphatic carbocycles. The van der Waals surface area contributed by atoms with E-state index in [1.54, 1.807) is 24.3 Å². The highest BCUT2D eigenvalue weighted by Gasteiger charge is 2.29. The van der Waals surface area contributed by atoms with E-state index in [1.807, 2.05) is 0 Å². The first-order chi connectivity index (χ1) is 13.0. The van der Waals surface area contributed by atoms with Gasteiger partial charge in [0.15, 0.2) is 0 Å². The number of carbonyl (C=O) groups is 3. The van der Waals surface area contributed by atoms with Gasteiger partial charge in [0.2, 0.25) is 17.7 Å². The number of amides is 3. The van der Waals surface area contributed by atoms with Crippen LogP contribution in [0.1, 0.15) is 58.8 Å². The second kappa shape index (κ2) is 10.7. The summed E-state index contributed by atoms with van der Waals surface area (Å²) in [7, 11) is 0. The number of nitrogens with one attached hydrogen (secondary N) is 3. The van der Waals surface area contributed by atoms with Crippen LogP contribution >= 0.6 is 0 Å². The van der Waals surface area contributed by atoms with E-state index in [0.717, 1.165) is 51.5 Å². The molecule has 2 rings (SSSR count). The van der Waals surface area contributed by atoms with Crippen LogP contribution in [0.15, 0.2) is 24.3 Å². The third kappa shape index (κ3) is 7.04. The number of carbonyl (C=O) groups excluding carboxylic acids is 3. The third-order valence-corrected chi connectivity index (χ3v) is 5.02. The zero-order valence-electron chi connectivity index (χ0n) is 16.3. The third-order valence-electron chi connectivity index (χ3n) is 5.02. The smallest absolute Gasteiger partial charge is 0.227 e. The number of hydrogen-bond acceptors (Lipinski definition) is 3. The molecule has 0 unspecified atom stereocenters. The summed E-state index contributed by atoms with van der Waals surface area (Å²) in [6, 6.07) is 7.07. The fraction of sp³-hybridized carbons (Fsp3) is 0.571. The Labute approximate surface area is 161 Å². The van der Waals surface area contributed by atoms with E-state index in [0.29, 0.717) is 11.4 Å². The van der Waals surface area contributed by atoms with Gasteiger partial charge in [0, 0.05) is 36.7 Å². The molecule has 148 valence electrons. The second-order valence-electron chi connectivity index (χ2n) is 7.29. The Morgan fingerprint density at radius 2 is 1.37 bits per heavy atom. The van der Waals surface area contributed by atoms with Crippen LogP contribution in [0.5, 0.6) is 0 Å². The Morgan fingerprint density at radius 3 is 1.89 bits per heavy atom. The van der Waals surface area contributed by atoms with Crippen molar-refractivity contribution in [3.05, 3.63) is 24.3 Å². The summed E-state index contributed by atoms with van der Waals surface area (Å²) in [6.07, 6.45) is 6.32. The van der Waals surface area contributed by atoms with Crippen LogP contribution in [0.2, 0.25) is 0 Å². The lowest BCUT2D eigenvalue weighted by Crippen LogP contribution is -2.35. The molecule has 0 spiro atoms. The van der Waals surface area contributed by atoms with Gasteiger partial charge >= 0.3 is 0 Å². The fourth-order valence-corrected chi connectivity index (χ4v) is 3.43. The minimum absolute atomic E-state index is 0.00378. The number of hydrogen-bond donors (Lipinski definition) is 3. The Kier molecular flexibility index (Phi) is 8.30. The standard InChI is InChI=1S/C21H31N3O3/c1-3-4-5-14-22-20(26)16-6-8-17(9-7-16)21(27)24-19-12-10-18(11-13-19)23-15(2)25/h10-13,16-17H,3-9,14H2,1-2H3,(H,22,26)(H,23,25)(H,24,27). The van der Waals surface area contributed by atoms with Crippen LogP contribution in [0.3, 0.4) is 0 Å². The SMILES string of the molecule is CCCCCNC(=O)C1CCC(C(=O)Nc2ccc(NC(C)=O)cc2)CC1. The summed E-state index contributed by atoms with van der Waals surface area (Å²) in [5.41, 5.74) is 1.41. The molecule has 0 radical (unpaired) electrons. The highest BCUT2D eigenvalue weighted by molar-refractivity contribution is 5.93. The number of unbranched alkanes of at least 4 members (excludes halogenated alkanes) is 2. The predicted octanol–water partition coefficient (Wildman–Crippen LogP) is 3.70. The van der Waals surface area contributed by atoms with Crippen LogP contribution in [-0.2, 0) is 14.4 Å². The van der Waals surface area contributed by atoms with Gasteiger partial charge in [0.05, 0.1) is 0 Å². The molecule has 3 amide bonds. The first-order valence-electron chi connectivity index (χ1n) is 9.95. The van der Waals surface area contributed by atoms with Crippen molar-refractivity contribution in [2.24, 2.45) is 11.8 Å². The van der Waals surface area contributed by atoms with Crippen molar-refractivity contribution in [1.29, 1.82) is 0 Å². The zero-order chi connectivity index (χ0) is 19.6. The lowest BCUT2D eigenvalue weighted by molar-refractivity contribution is -0.128. The van der Waals surface area contributed by atoms with E-state index in [9.17, 15) is 14.4 Å². The predicted molar refractivity (Wildman–Crippen MR) is 107 cm³/mol. The van der Waals surface area contributed by atoms with Crippen molar-refractivity contribution in [2.75, 3.05) is 17.2 Å². The minimum atomic E-state index is -0.127. The molecule has 0 atom stereocenters. The zero-order valence-corrected chi connectivity index (χ0v) is 16.3. The van der Waals surface area contributed by atoms with Crippen LogP contribution in [0, 0.1) is 11.8 Å². The van der Waals surface area contributed by atoms with Gasteiger partial charge in [-0.2, -0.15) is 0 Å². The molecule has 1 aromatic carbocycles. The first-order valence-corrected chi connectivity index (χ1v) is 9.95. The molecule has 6 heteroatoms. The van der Waals surface area contributed by atoms with Crippen LogP contribution in [-0.4, -0.2) is 24.3 Å². The lowest BCUT2D eigenvalue weighted by Gasteiger charge is -2.27. The molecule has 1 aromatic rings. The molecule has 6 nitrogen and oxygen atoms in total. The van der Waals surface area contributed by atoms with E-state index in [2.05, 4.69) is 22.9 Å². The largest absolute Gasteiger partial charge is 0.356 e. The van der Waals surface area contributed by atoms with E-state index < -0.39 is 0 Å². The van der Waals surface area contributed by atoms with Crippen molar-refractivity contribution < 1.29 is 14.4 Å². The minimum Gasteiger partial charge on any atom is -0.356 e. The van der Waals surface area contributed by atoms with Crippen LogP contribution in [0.4, 0.5) is 11.4 Å². The second-order valence-corrected chi connectivity index (χ2v) is 7.29. The summed E-state index contributed by atoms with van der Waals surface area (Å²) in [5, 5.41) is 8.65. The molecule has 0 heterocycles. The van der Waals surface area contributed by atoms with Gasteiger partial charge in [-0.1, -0.05) is 19.8 Å². The molecule has 27 heavy (non-hydrogen) atoms. The van der Waals surface area contributed by atoms with E-state index in [1.165, 1.54) is 6.92 Å². The molecule has 0 bridgehead atoms. The number of anilines is 2. The summed E-state index contributed by atoms with van der Waals surface area (Å²) < 4.78 is 0. The Balaban J connectivity index is 1.74. The Bertz CT molecular complexity index is 635. The maximum atomic E-state index is 12.5. The fourth-order valence-electron chi connectivity index (χ4n) is 3.43. The van der Waals surface area contributed by atoms with E-state index in [-0.39, 0.29) is 29.6 Å². The van der Waals surface area contributed by atoms with Gasteiger partial charge in [-0.3, -0.25) is 14.4 Å². The molecular formula is C21H31N3O3. The summed E-state index contributed by atoms with van der Waals surface area (Å²) >= 11 is 0. The normalized spacial score (nSPS) is 19.2. The van der Waals surface area contributed by atoms with Crippen LogP contribution < -0.4 is 16.0 Å². The van der Waals surface area contributed by atoms with Crippen molar-refractivity contribution >= 4 is 29.1 Å².